The van der Waals surface area contributed by atoms with Crippen molar-refractivity contribution in [1.82, 2.24) is 68.9 Å². The van der Waals surface area contributed by atoms with E-state index in [-0.39, 0.29) is 18.3 Å². The van der Waals surface area contributed by atoms with Crippen LogP contribution in [0.1, 0.15) is 304 Å². The van der Waals surface area contributed by atoms with E-state index in [0.717, 1.165) is 110 Å². The van der Waals surface area contributed by atoms with Gasteiger partial charge in [0.1, 0.15) is 0 Å². The minimum Gasteiger partial charge on any atom is -0.481 e. The molecule has 1 aliphatic heterocycles. The van der Waals surface area contributed by atoms with Gasteiger partial charge in [0.25, 0.3) is 0 Å². The first-order chi connectivity index (χ1) is 64.3. The summed E-state index contributed by atoms with van der Waals surface area (Å²) in [5, 5.41) is 23.7. The largest absolute Gasteiger partial charge is 0.481 e. The van der Waals surface area contributed by atoms with E-state index in [1.54, 1.807) is 46.1 Å². The van der Waals surface area contributed by atoms with Crippen molar-refractivity contribution in [3.63, 3.8) is 0 Å². The number of nitrogens with zero attached hydrogens (tertiary/aromatic N) is 13. The molecule has 1 unspecified atom stereocenters. The van der Waals surface area contributed by atoms with Crippen LogP contribution >= 0.6 is 0 Å². The van der Waals surface area contributed by atoms with E-state index in [2.05, 4.69) is 224 Å². The van der Waals surface area contributed by atoms with Crippen LogP contribution in [0, 0.1) is 0 Å². The number of rotatable bonds is 35. The monoisotopic (exact) mass is 1850 g/mol. The highest BCUT2D eigenvalue weighted by Crippen LogP contribution is 2.23. The zero-order valence-corrected chi connectivity index (χ0v) is 87.0. The predicted octanol–water partition coefficient (Wildman–Crippen LogP) is 25.1. The van der Waals surface area contributed by atoms with Crippen LogP contribution in [0.3, 0.4) is 0 Å². The first-order valence-electron chi connectivity index (χ1n) is 48.5. The van der Waals surface area contributed by atoms with Crippen LogP contribution in [0.4, 0.5) is 0 Å². The Hall–Kier alpha value is -10.2. The van der Waals surface area contributed by atoms with Crippen LogP contribution in [0.2, 0.25) is 0 Å². The summed E-state index contributed by atoms with van der Waals surface area (Å²) in [6.45, 7) is 45.7. The number of carboxylic acids is 3. The van der Waals surface area contributed by atoms with Crippen LogP contribution in [0.15, 0.2) is 215 Å². The fourth-order valence-electron chi connectivity index (χ4n) is 9.97. The number of H-pyrrole nitrogens is 1. The number of pyridine rings is 7. The standard InChI is InChI=1S/2C9H13N.3C8H11N.2C7H9N.C7H14O2.2C6H10N2.C6H15N.C6H14O2.C5H8N2.C5H10O2.C4H8O2.C4H10O.C3H6O2/c1-2-3-5-9-6-4-7-10-8-9;1-2-3-4-9-5-7-10-8-6-9;1-2-5-8-6-3-4-7-9-8;1-2-4-8-5-3-6-9-7-8;1-2-3-8-4-6-9-7-5-8;1-2-7-3-5-8-6-4-7;1-2-7-4-3-5-8-6-7;1-4-6-8-5-7(2,3)9-6;1-3-6-4-7-5-8(6)2;1-2-4-8-5-3-7-6-8;1-4-5-6-7(2)3;1-3-4-8-6-5-7-2;1-2-5-3-6-4-7-5;1-2-3-4-5(6)7;1-2-3-4(5)6;1-3-4-5-2;1-2-3(4)5/h4,6-8H,2-3,5H2,1H3;5-8H,2-4H2,1H3;3-4,6-7H,2,5H2,1H3;3,5-7H,2,4H2,1H3;4-7H,2-3H2,1H3;2*3-6H,2H2,1H3;6H,4-5H2,1-3H3;4-5H,3H2,1-2H3;3,5-6H,2,4H2,1H3;4-6H2,1-3H3;3-6H2,1-2H3;3-4H,2H2,1H3,(H,6,7);2-4H2,1H3,(H,6,7);2-3H2,1H3,(H,5,6);3-4H2,1-2H3;2H2,1H3,(H,4,5). The maximum atomic E-state index is 9.76. The van der Waals surface area contributed by atoms with Crippen molar-refractivity contribution in [2.75, 3.05) is 67.9 Å². The summed E-state index contributed by atoms with van der Waals surface area (Å²) in [6, 6.07) is 30.6. The summed E-state index contributed by atoms with van der Waals surface area (Å²) in [6.07, 6.45) is 65.9. The zero-order chi connectivity index (χ0) is 101. The summed E-state index contributed by atoms with van der Waals surface area (Å²) in [5.74, 6) is -2.15. The van der Waals surface area contributed by atoms with E-state index >= 15 is 0 Å². The Balaban J connectivity index is -0.000000323. The second-order valence-electron chi connectivity index (χ2n) is 30.9. The Labute approximate surface area is 806 Å². The molecule has 25 nitrogen and oxygen atoms in total. The third-order valence-corrected chi connectivity index (χ3v) is 17.5. The van der Waals surface area contributed by atoms with E-state index in [1.165, 1.54) is 140 Å². The second-order valence-corrected chi connectivity index (χ2v) is 30.9. The molecule has 10 aromatic rings. The SMILES string of the molecule is CCC(=O)O.CCC1OCC(C)(C)O1.CCCC(=O)O.CCCCC(=O)O.CCCCN(C)C.CCCCc1cccnc1.CCCCc1ccncc1.CCCOC.CCCOCCOC.CCCc1ccccn1.CCCc1cccnc1.CCCc1ccncc1.CCCn1ccnc1.CCc1cccnc1.CCc1ccncc1.CCc1cnc[nH]1.CCc1cncn1C. The fourth-order valence-corrected chi connectivity index (χ4v) is 9.97. The Morgan fingerprint density at radius 3 is 1.22 bits per heavy atom. The van der Waals surface area contributed by atoms with Crippen LogP contribution in [0.25, 0.3) is 0 Å². The van der Waals surface area contributed by atoms with E-state index in [9.17, 15) is 14.4 Å². The third-order valence-electron chi connectivity index (χ3n) is 17.5. The highest BCUT2D eigenvalue weighted by Gasteiger charge is 2.31. The van der Waals surface area contributed by atoms with Gasteiger partial charge in [0.15, 0.2) is 6.29 Å². The highest BCUT2D eigenvalue weighted by atomic mass is 16.7. The number of aryl methyl sites for hydroxylation is 11. The van der Waals surface area contributed by atoms with Gasteiger partial charge >= 0.3 is 17.9 Å². The van der Waals surface area contributed by atoms with Crippen molar-refractivity contribution in [3.8, 4) is 0 Å². The number of methoxy groups -OCH3 is 2. The topological polar surface area (TPSA) is 316 Å². The van der Waals surface area contributed by atoms with E-state index < -0.39 is 17.9 Å². The molecule has 11 rings (SSSR count). The number of nitrogens with one attached hydrogen (secondary N) is 1. The Morgan fingerprint density at radius 2 is 0.932 bits per heavy atom. The second kappa shape index (κ2) is 106. The van der Waals surface area contributed by atoms with Crippen molar-refractivity contribution in [3.05, 3.63) is 266 Å². The molecule has 1 fully saturated rings. The van der Waals surface area contributed by atoms with Gasteiger partial charge in [0.2, 0.25) is 0 Å². The van der Waals surface area contributed by atoms with Crippen molar-refractivity contribution in [2.24, 2.45) is 7.05 Å². The molecule has 0 saturated carbocycles. The minimum absolute atomic E-state index is 0.0417. The molecule has 0 radical (unpaired) electrons. The molecule has 11 heterocycles. The average molecular weight is 1850 g/mol. The minimum atomic E-state index is -0.745. The number of hydrogen-bond acceptors (Lipinski definition) is 19. The molecule has 0 aliphatic carbocycles. The van der Waals surface area contributed by atoms with Gasteiger partial charge in [-0.15, -0.1) is 0 Å². The number of imidazole rings is 3. The van der Waals surface area contributed by atoms with Crippen molar-refractivity contribution in [1.29, 1.82) is 0 Å². The van der Waals surface area contributed by atoms with Gasteiger partial charge in [-0.3, -0.25) is 49.3 Å². The summed E-state index contributed by atoms with van der Waals surface area (Å²) >= 11 is 0. The van der Waals surface area contributed by atoms with Gasteiger partial charge in [-0.05, 0) is 250 Å². The fraction of sp³-hybridized carbons (Fsp3) is 0.565. The number of carbonyl (C=O) groups is 3. The Bertz CT molecular complexity index is 3680. The molecule has 1 atom stereocenters. The lowest BCUT2D eigenvalue weighted by Gasteiger charge is -2.14. The van der Waals surface area contributed by atoms with Gasteiger partial charge in [0, 0.05) is 183 Å². The lowest BCUT2D eigenvalue weighted by molar-refractivity contribution is -0.138. The van der Waals surface area contributed by atoms with Gasteiger partial charge in [-0.1, -0.05) is 187 Å². The lowest BCUT2D eigenvalue weighted by Crippen LogP contribution is -2.22. The molecular formula is C108H182N14O11. The summed E-state index contributed by atoms with van der Waals surface area (Å²) < 4.78 is 29.4. The maximum absolute atomic E-state index is 9.76. The quantitative estimate of drug-likeness (QED) is 0.0268. The van der Waals surface area contributed by atoms with Crippen LogP contribution in [-0.4, -0.2) is 182 Å². The predicted molar refractivity (Wildman–Crippen MR) is 552 cm³/mol. The Kier molecular flexibility index (Phi) is 106. The van der Waals surface area contributed by atoms with Crippen molar-refractivity contribution in [2.45, 2.75) is 330 Å². The molecule has 1 saturated heterocycles. The number of ether oxygens (including phenoxy) is 5. The normalized spacial score (nSPS) is 10.9. The van der Waals surface area contributed by atoms with Crippen LogP contribution in [0.5, 0.6) is 0 Å². The summed E-state index contributed by atoms with van der Waals surface area (Å²) in [4.78, 5) is 73.5. The number of aliphatic carboxylic acids is 3. The zero-order valence-electron chi connectivity index (χ0n) is 87.0. The van der Waals surface area contributed by atoms with Gasteiger partial charge < -0.3 is 58.0 Å². The third kappa shape index (κ3) is 102. The Morgan fingerprint density at radius 1 is 0.436 bits per heavy atom. The van der Waals surface area contributed by atoms with Gasteiger partial charge in [-0.25, -0.2) is 15.0 Å². The van der Waals surface area contributed by atoms with Crippen LogP contribution in [-0.2, 0) is 109 Å². The maximum Gasteiger partial charge on any atom is 0.303 e. The molecule has 10 aromatic heterocycles. The lowest BCUT2D eigenvalue weighted by atomic mass is 10.1. The van der Waals surface area contributed by atoms with Gasteiger partial charge in [-0.2, -0.15) is 0 Å². The van der Waals surface area contributed by atoms with Gasteiger partial charge in [0.05, 0.1) is 44.4 Å². The summed E-state index contributed by atoms with van der Waals surface area (Å²) in [5.41, 5.74) is 11.7. The molecule has 0 spiro atoms. The van der Waals surface area contributed by atoms with E-state index in [0.29, 0.717) is 19.4 Å². The average Bonchev–Trinajstić information content (AvgIpc) is 1.76. The molecule has 25 heteroatoms. The molecule has 0 bridgehead atoms. The van der Waals surface area contributed by atoms with E-state index in [1.807, 2.05) is 181 Å². The molecule has 4 N–H and O–H groups in total. The number of aromatic nitrogens is 13. The highest BCUT2D eigenvalue weighted by molar-refractivity contribution is 5.67. The van der Waals surface area contributed by atoms with Crippen molar-refractivity contribution < 1.29 is 53.4 Å². The molecule has 0 amide bonds. The first-order valence-corrected chi connectivity index (χ1v) is 48.5. The molecule has 1 aliphatic rings. The number of aromatic amines is 1. The van der Waals surface area contributed by atoms with E-state index in [4.69, 9.17) is 39.0 Å². The molecule has 750 valence electrons. The van der Waals surface area contributed by atoms with Crippen LogP contribution < -0.4 is 0 Å². The first kappa shape index (κ1) is 134. The number of hydrogen-bond donors (Lipinski definition) is 4. The number of unbranched alkanes of at least 4 members (excludes halogenated alkanes) is 4. The smallest absolute Gasteiger partial charge is 0.303 e. The molecule has 133 heavy (non-hydrogen) atoms. The van der Waals surface area contributed by atoms with Crippen molar-refractivity contribution >= 4 is 17.9 Å². The summed E-state index contributed by atoms with van der Waals surface area (Å²) in [7, 11) is 9.61. The molecule has 0 aromatic carbocycles. The number of carboxylic acid groups (broad SMARTS) is 3. The molecular weight excluding hydrogens is 1670 g/mol.